The fraction of sp³-hybridized carbons (Fsp3) is 0.583. The number of hydrogen-bond acceptors (Lipinski definition) is 2. The number of aryl methyl sites for hydroxylation is 1. The number of halogens is 1. The van der Waals surface area contributed by atoms with Gasteiger partial charge in [-0.1, -0.05) is 31.4 Å². The number of H-pyrrole nitrogens is 1. The van der Waals surface area contributed by atoms with Crippen LogP contribution in [0.5, 0.6) is 0 Å². The van der Waals surface area contributed by atoms with Crippen LogP contribution in [0.15, 0.2) is 29.4 Å². The number of aliphatic imine (C=N–C) groups is 1. The lowest BCUT2D eigenvalue weighted by Gasteiger charge is -2.26. The van der Waals surface area contributed by atoms with Gasteiger partial charge in [-0.2, -0.15) is 0 Å². The SMILES string of the molecule is CN=C(NCCc1c[nH]c2cc(C)ccc12)NC1CCN(C(=O)C2CCCCC2)C1.I. The highest BCUT2D eigenvalue weighted by atomic mass is 127. The lowest BCUT2D eigenvalue weighted by atomic mass is 9.88. The van der Waals surface area contributed by atoms with E-state index in [-0.39, 0.29) is 35.9 Å². The minimum Gasteiger partial charge on any atom is -0.361 e. The molecule has 1 unspecified atom stereocenters. The average Bonchev–Trinajstić information content (AvgIpc) is 3.40. The molecule has 2 fully saturated rings. The number of nitrogens with one attached hydrogen (secondary N) is 3. The van der Waals surface area contributed by atoms with Crippen LogP contribution < -0.4 is 10.6 Å². The first-order valence-corrected chi connectivity index (χ1v) is 11.5. The highest BCUT2D eigenvalue weighted by Gasteiger charge is 2.31. The average molecular weight is 537 g/mol. The van der Waals surface area contributed by atoms with Crippen LogP contribution in [0.25, 0.3) is 10.9 Å². The quantitative estimate of drug-likeness (QED) is 0.307. The summed E-state index contributed by atoms with van der Waals surface area (Å²) in [7, 11) is 1.81. The molecule has 31 heavy (non-hydrogen) atoms. The number of nitrogens with zero attached hydrogens (tertiary/aromatic N) is 2. The molecule has 1 aliphatic heterocycles. The molecular formula is C24H36IN5O. The van der Waals surface area contributed by atoms with Gasteiger partial charge in [0.05, 0.1) is 0 Å². The van der Waals surface area contributed by atoms with Gasteiger partial charge in [0.25, 0.3) is 0 Å². The maximum absolute atomic E-state index is 12.8. The third kappa shape index (κ3) is 5.93. The van der Waals surface area contributed by atoms with E-state index in [4.69, 9.17) is 0 Å². The van der Waals surface area contributed by atoms with Crippen molar-refractivity contribution in [2.75, 3.05) is 26.7 Å². The summed E-state index contributed by atoms with van der Waals surface area (Å²) in [6.07, 6.45) is 9.87. The molecule has 2 heterocycles. The van der Waals surface area contributed by atoms with Gasteiger partial charge >= 0.3 is 0 Å². The summed E-state index contributed by atoms with van der Waals surface area (Å²) in [5, 5.41) is 8.24. The first-order chi connectivity index (χ1) is 14.6. The van der Waals surface area contributed by atoms with Crippen molar-refractivity contribution in [1.82, 2.24) is 20.5 Å². The Morgan fingerprint density at radius 3 is 2.81 bits per heavy atom. The van der Waals surface area contributed by atoms with Gasteiger partial charge in [-0.3, -0.25) is 9.79 Å². The summed E-state index contributed by atoms with van der Waals surface area (Å²) in [5.74, 6) is 1.45. The van der Waals surface area contributed by atoms with E-state index in [0.29, 0.717) is 5.91 Å². The van der Waals surface area contributed by atoms with E-state index >= 15 is 0 Å². The number of amides is 1. The van der Waals surface area contributed by atoms with Gasteiger partial charge in [0.2, 0.25) is 5.91 Å². The second-order valence-electron chi connectivity index (χ2n) is 8.86. The van der Waals surface area contributed by atoms with Gasteiger partial charge in [0.15, 0.2) is 5.96 Å². The van der Waals surface area contributed by atoms with E-state index in [0.717, 1.165) is 51.3 Å². The van der Waals surface area contributed by atoms with Crippen LogP contribution in [-0.2, 0) is 11.2 Å². The Morgan fingerprint density at radius 1 is 1.23 bits per heavy atom. The molecule has 4 rings (SSSR count). The zero-order chi connectivity index (χ0) is 20.9. The Bertz CT molecular complexity index is 903. The Labute approximate surface area is 202 Å². The van der Waals surface area contributed by atoms with Crippen molar-refractivity contribution in [1.29, 1.82) is 0 Å². The molecule has 0 spiro atoms. The molecule has 3 N–H and O–H groups in total. The molecule has 1 atom stereocenters. The number of carbonyl (C=O) groups is 1. The van der Waals surface area contributed by atoms with Crippen molar-refractivity contribution in [3.8, 4) is 0 Å². The molecule has 170 valence electrons. The van der Waals surface area contributed by atoms with Crippen LogP contribution >= 0.6 is 24.0 Å². The van der Waals surface area contributed by atoms with Crippen LogP contribution in [0, 0.1) is 12.8 Å². The van der Waals surface area contributed by atoms with Crippen molar-refractivity contribution in [3.05, 3.63) is 35.5 Å². The van der Waals surface area contributed by atoms with E-state index in [2.05, 4.69) is 56.8 Å². The highest BCUT2D eigenvalue weighted by molar-refractivity contribution is 14.0. The normalized spacial score (nSPS) is 20.0. The molecule has 7 heteroatoms. The van der Waals surface area contributed by atoms with Crippen molar-refractivity contribution >= 4 is 46.7 Å². The lowest BCUT2D eigenvalue weighted by molar-refractivity contribution is -0.135. The summed E-state index contributed by atoms with van der Waals surface area (Å²) in [5.41, 5.74) is 3.78. The molecule has 6 nitrogen and oxygen atoms in total. The minimum absolute atomic E-state index is 0. The Morgan fingerprint density at radius 2 is 2.03 bits per heavy atom. The molecular weight excluding hydrogens is 501 g/mol. The Hall–Kier alpha value is -1.77. The van der Waals surface area contributed by atoms with E-state index in [1.54, 1.807) is 0 Å². The van der Waals surface area contributed by atoms with Gasteiger partial charge in [0.1, 0.15) is 0 Å². The maximum atomic E-state index is 12.8. The van der Waals surface area contributed by atoms with Crippen molar-refractivity contribution < 1.29 is 4.79 Å². The van der Waals surface area contributed by atoms with Crippen molar-refractivity contribution in [3.63, 3.8) is 0 Å². The zero-order valence-electron chi connectivity index (χ0n) is 18.7. The van der Waals surface area contributed by atoms with Crippen LogP contribution in [0.4, 0.5) is 0 Å². The number of aromatic nitrogens is 1. The smallest absolute Gasteiger partial charge is 0.225 e. The molecule has 0 bridgehead atoms. The van der Waals surface area contributed by atoms with Gasteiger partial charge < -0.3 is 20.5 Å². The third-order valence-electron chi connectivity index (χ3n) is 6.63. The van der Waals surface area contributed by atoms with Gasteiger partial charge in [-0.25, -0.2) is 0 Å². The fourth-order valence-electron chi connectivity index (χ4n) is 4.90. The van der Waals surface area contributed by atoms with E-state index in [1.165, 1.54) is 41.3 Å². The number of fused-ring (bicyclic) bond motifs is 1. The third-order valence-corrected chi connectivity index (χ3v) is 6.63. The molecule has 1 aromatic carbocycles. The predicted octanol–water partition coefficient (Wildman–Crippen LogP) is 3.98. The van der Waals surface area contributed by atoms with Crippen molar-refractivity contribution in [2.24, 2.45) is 10.9 Å². The summed E-state index contributed by atoms with van der Waals surface area (Å²) in [4.78, 5) is 22.6. The van der Waals surface area contributed by atoms with Gasteiger partial charge in [-0.05, 0) is 49.8 Å². The number of aromatic amines is 1. The zero-order valence-corrected chi connectivity index (χ0v) is 21.1. The van der Waals surface area contributed by atoms with Crippen molar-refractivity contribution in [2.45, 2.75) is 57.9 Å². The van der Waals surface area contributed by atoms with Gasteiger partial charge in [-0.15, -0.1) is 24.0 Å². The summed E-state index contributed by atoms with van der Waals surface area (Å²) in [6.45, 7) is 4.58. The number of likely N-dealkylation sites (tertiary alicyclic amines) is 1. The highest BCUT2D eigenvalue weighted by Crippen LogP contribution is 2.26. The van der Waals surface area contributed by atoms with Crippen LogP contribution in [-0.4, -0.2) is 54.5 Å². The Balaban J connectivity index is 0.00000272. The van der Waals surface area contributed by atoms with Crippen LogP contribution in [0.1, 0.15) is 49.7 Å². The summed E-state index contributed by atoms with van der Waals surface area (Å²) < 4.78 is 0. The predicted molar refractivity (Wildman–Crippen MR) is 138 cm³/mol. The number of guanidine groups is 1. The molecule has 0 radical (unpaired) electrons. The van der Waals surface area contributed by atoms with Gasteiger partial charge in [0, 0.05) is 55.7 Å². The monoisotopic (exact) mass is 537 g/mol. The molecule has 1 saturated heterocycles. The maximum Gasteiger partial charge on any atom is 0.225 e. The topological polar surface area (TPSA) is 72.5 Å². The second kappa shape index (κ2) is 11.2. The number of carbonyl (C=O) groups excluding carboxylic acids is 1. The number of rotatable bonds is 5. The molecule has 2 aromatic rings. The van der Waals surface area contributed by atoms with E-state index in [9.17, 15) is 4.79 Å². The fourth-order valence-corrected chi connectivity index (χ4v) is 4.90. The minimum atomic E-state index is 0. The molecule has 2 aliphatic rings. The Kier molecular flexibility index (Phi) is 8.63. The number of hydrogen-bond donors (Lipinski definition) is 3. The first kappa shape index (κ1) is 23.9. The summed E-state index contributed by atoms with van der Waals surface area (Å²) >= 11 is 0. The first-order valence-electron chi connectivity index (χ1n) is 11.5. The molecule has 1 saturated carbocycles. The molecule has 1 amide bonds. The van der Waals surface area contributed by atoms with Crippen LogP contribution in [0.2, 0.25) is 0 Å². The molecule has 1 aliphatic carbocycles. The largest absolute Gasteiger partial charge is 0.361 e. The lowest BCUT2D eigenvalue weighted by Crippen LogP contribution is -2.46. The summed E-state index contributed by atoms with van der Waals surface area (Å²) in [6, 6.07) is 6.82. The molecule has 1 aromatic heterocycles. The van der Waals surface area contributed by atoms with E-state index in [1.807, 2.05) is 7.05 Å². The van der Waals surface area contributed by atoms with Crippen LogP contribution in [0.3, 0.4) is 0 Å². The number of benzene rings is 1. The standard InChI is InChI=1S/C24H35N5O.HI/c1-17-8-9-21-19(15-27-22(21)14-17)10-12-26-24(25-2)28-20-11-13-29(16-20)23(30)18-6-4-3-5-7-18;/h8-9,14-15,18,20,27H,3-7,10-13,16H2,1-2H3,(H2,25,26,28);1H. The van der Waals surface area contributed by atoms with E-state index < -0.39 is 0 Å². The second-order valence-corrected chi connectivity index (χ2v) is 8.86.